The van der Waals surface area contributed by atoms with Crippen LogP contribution in [0.15, 0.2) is 53.0 Å². The summed E-state index contributed by atoms with van der Waals surface area (Å²) in [5.74, 6) is 0.640. The van der Waals surface area contributed by atoms with E-state index in [0.29, 0.717) is 5.92 Å². The second-order valence-corrected chi connectivity index (χ2v) is 6.13. The van der Waals surface area contributed by atoms with Crippen LogP contribution in [-0.2, 0) is 0 Å². The molecule has 1 aliphatic rings. The molecule has 1 fully saturated rings. The molecule has 1 aliphatic carbocycles. The van der Waals surface area contributed by atoms with E-state index in [1.807, 2.05) is 30.3 Å². The Labute approximate surface area is 122 Å². The number of aliphatic hydroxyl groups excluding tert-OH is 1. The molecule has 1 unspecified atom stereocenters. The van der Waals surface area contributed by atoms with Crippen LogP contribution in [0.25, 0.3) is 0 Å². The number of hydrogen-bond acceptors (Lipinski definition) is 1. The molecule has 3 rings (SSSR count). The fraction of sp³-hybridized carbons (Fsp3) is 0.294. The minimum atomic E-state index is -0.523. The quantitative estimate of drug-likeness (QED) is 0.862. The molecule has 98 valence electrons. The highest BCUT2D eigenvalue weighted by Gasteiger charge is 2.24. The van der Waals surface area contributed by atoms with E-state index in [4.69, 9.17) is 0 Å². The first-order chi connectivity index (χ1) is 9.25. The molecule has 1 nitrogen and oxygen atoms in total. The zero-order chi connectivity index (χ0) is 13.2. The van der Waals surface area contributed by atoms with Crippen LogP contribution in [0.5, 0.6) is 0 Å². The summed E-state index contributed by atoms with van der Waals surface area (Å²) in [5.41, 5.74) is 3.34. The van der Waals surface area contributed by atoms with Gasteiger partial charge in [-0.05, 0) is 47.6 Å². The van der Waals surface area contributed by atoms with Crippen LogP contribution >= 0.6 is 15.9 Å². The Bertz CT molecular complexity index is 558. The average molecular weight is 317 g/mol. The molecule has 1 saturated carbocycles. The maximum atomic E-state index is 10.6. The van der Waals surface area contributed by atoms with Gasteiger partial charge in [0.05, 0.1) is 0 Å². The first-order valence-corrected chi connectivity index (χ1v) is 7.57. The Morgan fingerprint density at radius 2 is 1.68 bits per heavy atom. The molecule has 0 bridgehead atoms. The van der Waals surface area contributed by atoms with Crippen LogP contribution in [0, 0.1) is 0 Å². The summed E-state index contributed by atoms with van der Waals surface area (Å²) >= 11 is 3.43. The Morgan fingerprint density at radius 1 is 1.00 bits per heavy atom. The molecule has 0 heterocycles. The van der Waals surface area contributed by atoms with E-state index in [1.54, 1.807) is 0 Å². The van der Waals surface area contributed by atoms with Crippen molar-refractivity contribution in [2.75, 3.05) is 0 Å². The predicted molar refractivity (Wildman–Crippen MR) is 81.2 cm³/mol. The second kappa shape index (κ2) is 5.48. The van der Waals surface area contributed by atoms with Crippen LogP contribution in [-0.4, -0.2) is 5.11 Å². The van der Waals surface area contributed by atoms with Crippen molar-refractivity contribution in [3.8, 4) is 0 Å². The van der Waals surface area contributed by atoms with E-state index in [1.165, 1.54) is 24.8 Å². The highest BCUT2D eigenvalue weighted by atomic mass is 79.9. The number of rotatable bonds is 3. The van der Waals surface area contributed by atoms with Crippen molar-refractivity contribution in [3.63, 3.8) is 0 Å². The lowest BCUT2D eigenvalue weighted by Crippen LogP contribution is -2.13. The van der Waals surface area contributed by atoms with Gasteiger partial charge in [-0.15, -0.1) is 0 Å². The van der Waals surface area contributed by atoms with Gasteiger partial charge in [0, 0.05) is 4.47 Å². The Hall–Kier alpha value is -1.12. The van der Waals surface area contributed by atoms with Crippen LogP contribution in [0.4, 0.5) is 0 Å². The zero-order valence-corrected chi connectivity index (χ0v) is 12.3. The fourth-order valence-corrected chi connectivity index (χ4v) is 2.94. The van der Waals surface area contributed by atoms with Gasteiger partial charge in [-0.2, -0.15) is 0 Å². The number of benzene rings is 2. The van der Waals surface area contributed by atoms with Crippen molar-refractivity contribution in [3.05, 3.63) is 69.7 Å². The third-order valence-corrected chi connectivity index (χ3v) is 4.55. The van der Waals surface area contributed by atoms with E-state index < -0.39 is 6.10 Å². The number of halogens is 1. The smallest absolute Gasteiger partial charge is 0.104 e. The summed E-state index contributed by atoms with van der Waals surface area (Å²) in [6, 6.07) is 16.2. The molecule has 1 N–H and O–H groups in total. The standard InChI is InChI=1S/C17H17BrO/c18-14-10-8-13(9-11-14)17(19)16-7-2-1-6-15(16)12-4-3-5-12/h1-2,6-12,17,19H,3-5H2. The van der Waals surface area contributed by atoms with Crippen molar-refractivity contribution in [1.82, 2.24) is 0 Å². The molecule has 0 aliphatic heterocycles. The summed E-state index contributed by atoms with van der Waals surface area (Å²) in [6.45, 7) is 0. The van der Waals surface area contributed by atoms with Gasteiger partial charge in [0.15, 0.2) is 0 Å². The first-order valence-electron chi connectivity index (χ1n) is 6.78. The number of aliphatic hydroxyl groups is 1. The first kappa shape index (κ1) is 12.9. The Kier molecular flexibility index (Phi) is 3.72. The van der Waals surface area contributed by atoms with Gasteiger partial charge < -0.3 is 5.11 Å². The molecule has 2 aromatic carbocycles. The lowest BCUT2D eigenvalue weighted by molar-refractivity contribution is 0.217. The third kappa shape index (κ3) is 2.60. The minimum absolute atomic E-state index is 0.523. The monoisotopic (exact) mass is 316 g/mol. The molecule has 0 amide bonds. The SMILES string of the molecule is OC(c1ccc(Br)cc1)c1ccccc1C1CCC1. The van der Waals surface area contributed by atoms with Gasteiger partial charge in [0.1, 0.15) is 6.10 Å². The van der Waals surface area contributed by atoms with Crippen LogP contribution in [0.2, 0.25) is 0 Å². The fourth-order valence-electron chi connectivity index (χ4n) is 2.68. The largest absolute Gasteiger partial charge is 0.384 e. The summed E-state index contributed by atoms with van der Waals surface area (Å²) < 4.78 is 1.04. The van der Waals surface area contributed by atoms with Gasteiger partial charge in [-0.25, -0.2) is 0 Å². The van der Waals surface area contributed by atoms with Gasteiger partial charge >= 0.3 is 0 Å². The van der Waals surface area contributed by atoms with E-state index in [0.717, 1.165) is 15.6 Å². The highest BCUT2D eigenvalue weighted by Crippen LogP contribution is 2.40. The average Bonchev–Trinajstić information content (AvgIpc) is 2.37. The minimum Gasteiger partial charge on any atom is -0.384 e. The van der Waals surface area contributed by atoms with Crippen molar-refractivity contribution < 1.29 is 5.11 Å². The number of hydrogen-bond donors (Lipinski definition) is 1. The topological polar surface area (TPSA) is 20.2 Å². The summed E-state index contributed by atoms with van der Waals surface area (Å²) in [4.78, 5) is 0. The Morgan fingerprint density at radius 3 is 2.32 bits per heavy atom. The van der Waals surface area contributed by atoms with E-state index in [-0.39, 0.29) is 0 Å². The van der Waals surface area contributed by atoms with Crippen LogP contribution in [0.1, 0.15) is 48.0 Å². The molecule has 0 saturated heterocycles. The van der Waals surface area contributed by atoms with Crippen molar-refractivity contribution >= 4 is 15.9 Å². The predicted octanol–water partition coefficient (Wildman–Crippen LogP) is 4.80. The summed E-state index contributed by atoms with van der Waals surface area (Å²) in [5, 5.41) is 10.6. The molecule has 0 spiro atoms. The molecule has 1 atom stereocenters. The van der Waals surface area contributed by atoms with Crippen LogP contribution < -0.4 is 0 Å². The van der Waals surface area contributed by atoms with E-state index >= 15 is 0 Å². The summed E-state index contributed by atoms with van der Waals surface area (Å²) in [7, 11) is 0. The molecular formula is C17H17BrO. The highest BCUT2D eigenvalue weighted by molar-refractivity contribution is 9.10. The molecule has 19 heavy (non-hydrogen) atoms. The lowest BCUT2D eigenvalue weighted by Gasteiger charge is -2.29. The van der Waals surface area contributed by atoms with Crippen molar-refractivity contribution in [1.29, 1.82) is 0 Å². The van der Waals surface area contributed by atoms with Gasteiger partial charge in [0.2, 0.25) is 0 Å². The maximum absolute atomic E-state index is 10.6. The maximum Gasteiger partial charge on any atom is 0.104 e. The third-order valence-electron chi connectivity index (χ3n) is 4.02. The van der Waals surface area contributed by atoms with Gasteiger partial charge in [-0.3, -0.25) is 0 Å². The van der Waals surface area contributed by atoms with Gasteiger partial charge in [-0.1, -0.05) is 58.7 Å². The van der Waals surface area contributed by atoms with Crippen LogP contribution in [0.3, 0.4) is 0 Å². The lowest BCUT2D eigenvalue weighted by atomic mass is 9.77. The van der Waals surface area contributed by atoms with Crippen molar-refractivity contribution in [2.24, 2.45) is 0 Å². The molecular weight excluding hydrogens is 300 g/mol. The Balaban J connectivity index is 1.94. The molecule has 0 radical (unpaired) electrons. The zero-order valence-electron chi connectivity index (χ0n) is 10.7. The van der Waals surface area contributed by atoms with E-state index in [2.05, 4.69) is 34.1 Å². The second-order valence-electron chi connectivity index (χ2n) is 5.21. The van der Waals surface area contributed by atoms with E-state index in [9.17, 15) is 5.11 Å². The summed E-state index contributed by atoms with van der Waals surface area (Å²) in [6.07, 6.45) is 3.30. The van der Waals surface area contributed by atoms with Crippen molar-refractivity contribution in [2.45, 2.75) is 31.3 Å². The molecule has 2 aromatic rings. The molecule has 2 heteroatoms. The van der Waals surface area contributed by atoms with Gasteiger partial charge in [0.25, 0.3) is 0 Å². The normalized spacial score (nSPS) is 16.9. The molecule has 0 aromatic heterocycles.